The van der Waals surface area contributed by atoms with Crippen LogP contribution < -0.4 is 16.2 Å². The molecule has 1 fully saturated rings. The highest BCUT2D eigenvalue weighted by atomic mass is 32.1. The van der Waals surface area contributed by atoms with Gasteiger partial charge in [0.25, 0.3) is 5.91 Å². The summed E-state index contributed by atoms with van der Waals surface area (Å²) in [4.78, 5) is 14.2. The average molecular weight is 354 g/mol. The SMILES string of the molecule is O=C(NNC(=S)NCCCCN1CCOCC1)c1ccccc1F. The number of hydrogen-bond acceptors (Lipinski definition) is 4. The Morgan fingerprint density at radius 1 is 1.21 bits per heavy atom. The van der Waals surface area contributed by atoms with E-state index < -0.39 is 11.7 Å². The number of nitrogens with one attached hydrogen (secondary N) is 3. The molecule has 0 saturated carbocycles. The number of ether oxygens (including phenoxy) is 1. The van der Waals surface area contributed by atoms with Gasteiger partial charge in [-0.15, -0.1) is 0 Å². The molecule has 1 amide bonds. The quantitative estimate of drug-likeness (QED) is 0.403. The molecule has 0 atom stereocenters. The van der Waals surface area contributed by atoms with Gasteiger partial charge in [-0.25, -0.2) is 4.39 Å². The Morgan fingerprint density at radius 2 is 1.96 bits per heavy atom. The number of rotatable bonds is 6. The van der Waals surface area contributed by atoms with E-state index in [9.17, 15) is 9.18 Å². The minimum Gasteiger partial charge on any atom is -0.379 e. The van der Waals surface area contributed by atoms with Crippen molar-refractivity contribution >= 4 is 23.2 Å². The maximum absolute atomic E-state index is 13.5. The molecular weight excluding hydrogens is 331 g/mol. The van der Waals surface area contributed by atoms with Crippen molar-refractivity contribution in [3.63, 3.8) is 0 Å². The van der Waals surface area contributed by atoms with Gasteiger partial charge in [-0.2, -0.15) is 0 Å². The van der Waals surface area contributed by atoms with Crippen molar-refractivity contribution in [2.45, 2.75) is 12.8 Å². The summed E-state index contributed by atoms with van der Waals surface area (Å²) in [6.45, 7) is 5.38. The normalized spacial score (nSPS) is 14.9. The molecule has 1 aromatic carbocycles. The van der Waals surface area contributed by atoms with E-state index in [1.165, 1.54) is 18.2 Å². The van der Waals surface area contributed by atoms with Gasteiger partial charge < -0.3 is 10.1 Å². The lowest BCUT2D eigenvalue weighted by Crippen LogP contribution is -2.47. The number of amides is 1. The molecule has 1 aliphatic heterocycles. The summed E-state index contributed by atoms with van der Waals surface area (Å²) in [7, 11) is 0. The van der Waals surface area contributed by atoms with E-state index in [0.29, 0.717) is 11.7 Å². The van der Waals surface area contributed by atoms with Crippen LogP contribution in [0, 0.1) is 5.82 Å². The number of unbranched alkanes of at least 4 members (excludes halogenated alkanes) is 1. The van der Waals surface area contributed by atoms with Crippen LogP contribution in [-0.2, 0) is 4.74 Å². The molecule has 24 heavy (non-hydrogen) atoms. The second kappa shape index (κ2) is 10.2. The fraction of sp³-hybridized carbons (Fsp3) is 0.500. The number of thiocarbonyl (C=S) groups is 1. The van der Waals surface area contributed by atoms with Crippen LogP contribution in [0.25, 0.3) is 0 Å². The van der Waals surface area contributed by atoms with Gasteiger partial charge >= 0.3 is 0 Å². The zero-order valence-electron chi connectivity index (χ0n) is 13.5. The molecule has 0 spiro atoms. The van der Waals surface area contributed by atoms with E-state index in [1.54, 1.807) is 6.07 Å². The lowest BCUT2D eigenvalue weighted by atomic mass is 10.2. The molecule has 8 heteroatoms. The first-order valence-electron chi connectivity index (χ1n) is 8.05. The molecule has 2 rings (SSSR count). The number of morpholine rings is 1. The van der Waals surface area contributed by atoms with Crippen LogP contribution in [-0.4, -0.2) is 55.3 Å². The van der Waals surface area contributed by atoms with E-state index in [1.807, 2.05) is 0 Å². The molecule has 0 bridgehead atoms. The topological polar surface area (TPSA) is 65.6 Å². The molecule has 1 aromatic rings. The van der Waals surface area contributed by atoms with E-state index >= 15 is 0 Å². The molecule has 6 nitrogen and oxygen atoms in total. The minimum absolute atomic E-state index is 0.0293. The molecule has 1 saturated heterocycles. The van der Waals surface area contributed by atoms with Crippen molar-refractivity contribution in [2.75, 3.05) is 39.4 Å². The van der Waals surface area contributed by atoms with Crippen LogP contribution in [0.5, 0.6) is 0 Å². The Labute approximate surface area is 146 Å². The Kier molecular flexibility index (Phi) is 7.87. The van der Waals surface area contributed by atoms with Crippen molar-refractivity contribution in [3.05, 3.63) is 35.6 Å². The Balaban J connectivity index is 1.55. The third kappa shape index (κ3) is 6.38. The highest BCUT2D eigenvalue weighted by Gasteiger charge is 2.11. The predicted octanol–water partition coefficient (Wildman–Crippen LogP) is 1.05. The molecule has 1 heterocycles. The summed E-state index contributed by atoms with van der Waals surface area (Å²) in [6.07, 6.45) is 2.04. The number of hydrogen-bond donors (Lipinski definition) is 3. The molecule has 3 N–H and O–H groups in total. The van der Waals surface area contributed by atoms with Crippen LogP contribution in [0.1, 0.15) is 23.2 Å². The van der Waals surface area contributed by atoms with Gasteiger partial charge in [-0.1, -0.05) is 12.1 Å². The average Bonchev–Trinajstić information content (AvgIpc) is 2.60. The van der Waals surface area contributed by atoms with Gasteiger partial charge in [-0.3, -0.25) is 20.5 Å². The van der Waals surface area contributed by atoms with Crippen molar-refractivity contribution in [1.82, 2.24) is 21.1 Å². The lowest BCUT2D eigenvalue weighted by Gasteiger charge is -2.26. The predicted molar refractivity (Wildman–Crippen MR) is 94.1 cm³/mol. The summed E-state index contributed by atoms with van der Waals surface area (Å²) in [5.74, 6) is -1.14. The summed E-state index contributed by atoms with van der Waals surface area (Å²) < 4.78 is 18.8. The van der Waals surface area contributed by atoms with E-state index in [0.717, 1.165) is 45.7 Å². The monoisotopic (exact) mass is 354 g/mol. The molecule has 132 valence electrons. The number of halogens is 1. The van der Waals surface area contributed by atoms with Crippen LogP contribution in [0.4, 0.5) is 4.39 Å². The fourth-order valence-electron chi connectivity index (χ4n) is 2.36. The van der Waals surface area contributed by atoms with Crippen molar-refractivity contribution in [3.8, 4) is 0 Å². The maximum Gasteiger partial charge on any atom is 0.272 e. The molecule has 0 unspecified atom stereocenters. The largest absolute Gasteiger partial charge is 0.379 e. The van der Waals surface area contributed by atoms with Crippen LogP contribution in [0.2, 0.25) is 0 Å². The van der Waals surface area contributed by atoms with E-state index in [-0.39, 0.29) is 5.56 Å². The van der Waals surface area contributed by atoms with Gasteiger partial charge in [0, 0.05) is 19.6 Å². The van der Waals surface area contributed by atoms with Crippen LogP contribution >= 0.6 is 12.2 Å². The standard InChI is InChI=1S/C16H23FN4O2S/c17-14-6-2-1-5-13(14)15(22)19-20-16(24)18-7-3-4-8-21-9-11-23-12-10-21/h1-2,5-6H,3-4,7-12H2,(H,19,22)(H2,18,20,24). The smallest absolute Gasteiger partial charge is 0.272 e. The number of hydrazine groups is 1. The first-order chi connectivity index (χ1) is 11.7. The first-order valence-corrected chi connectivity index (χ1v) is 8.46. The van der Waals surface area contributed by atoms with Crippen molar-refractivity contribution in [2.24, 2.45) is 0 Å². The van der Waals surface area contributed by atoms with Crippen LogP contribution in [0.15, 0.2) is 24.3 Å². The van der Waals surface area contributed by atoms with E-state index in [4.69, 9.17) is 17.0 Å². The second-order valence-electron chi connectivity index (χ2n) is 5.48. The highest BCUT2D eigenvalue weighted by molar-refractivity contribution is 7.80. The van der Waals surface area contributed by atoms with Crippen LogP contribution in [0.3, 0.4) is 0 Å². The van der Waals surface area contributed by atoms with Gasteiger partial charge in [-0.05, 0) is 43.7 Å². The Bertz CT molecular complexity index is 553. The maximum atomic E-state index is 13.5. The highest BCUT2D eigenvalue weighted by Crippen LogP contribution is 2.05. The molecule has 0 radical (unpaired) electrons. The number of carbonyl (C=O) groups excluding carboxylic acids is 1. The third-order valence-electron chi connectivity index (χ3n) is 3.70. The number of nitrogens with zero attached hydrogens (tertiary/aromatic N) is 1. The first kappa shape index (κ1) is 18.6. The summed E-state index contributed by atoms with van der Waals surface area (Å²) >= 11 is 5.07. The van der Waals surface area contributed by atoms with Gasteiger partial charge in [0.2, 0.25) is 0 Å². The Hall–Kier alpha value is -1.77. The minimum atomic E-state index is -0.571. The van der Waals surface area contributed by atoms with E-state index in [2.05, 4.69) is 21.1 Å². The summed E-state index contributed by atoms with van der Waals surface area (Å²) in [5, 5.41) is 3.32. The lowest BCUT2D eigenvalue weighted by molar-refractivity contribution is 0.0372. The molecule has 1 aliphatic rings. The third-order valence-corrected chi connectivity index (χ3v) is 3.94. The van der Waals surface area contributed by atoms with Gasteiger partial charge in [0.1, 0.15) is 5.82 Å². The summed E-state index contributed by atoms with van der Waals surface area (Å²) in [5.41, 5.74) is 4.92. The van der Waals surface area contributed by atoms with Gasteiger partial charge in [0.05, 0.1) is 18.8 Å². The fourth-order valence-corrected chi connectivity index (χ4v) is 2.51. The van der Waals surface area contributed by atoms with Gasteiger partial charge in [0.15, 0.2) is 5.11 Å². The zero-order valence-corrected chi connectivity index (χ0v) is 14.3. The number of carbonyl (C=O) groups is 1. The molecule has 0 aromatic heterocycles. The second-order valence-corrected chi connectivity index (χ2v) is 5.88. The molecule has 0 aliphatic carbocycles. The van der Waals surface area contributed by atoms with Crippen molar-refractivity contribution < 1.29 is 13.9 Å². The number of benzene rings is 1. The van der Waals surface area contributed by atoms with Crippen molar-refractivity contribution in [1.29, 1.82) is 0 Å². The molecular formula is C16H23FN4O2S. The summed E-state index contributed by atoms with van der Waals surface area (Å²) in [6, 6.07) is 5.78. The Morgan fingerprint density at radius 3 is 2.71 bits per heavy atom. The zero-order chi connectivity index (χ0) is 17.2.